The van der Waals surface area contributed by atoms with Gasteiger partial charge in [-0.1, -0.05) is 45.2 Å². The molecule has 1 N–H and O–H groups in total. The summed E-state index contributed by atoms with van der Waals surface area (Å²) in [5.74, 6) is 0.908. The molecule has 2 bridgehead atoms. The molecule has 1 aliphatic heterocycles. The Morgan fingerprint density at radius 2 is 1.70 bits per heavy atom. The van der Waals surface area contributed by atoms with Crippen LogP contribution < -0.4 is 10.8 Å². The molecule has 1 saturated heterocycles. The molecule has 166 valence electrons. The normalized spacial score (nSPS) is 29.2. The van der Waals surface area contributed by atoms with Crippen LogP contribution in [0.1, 0.15) is 96.0 Å². The summed E-state index contributed by atoms with van der Waals surface area (Å²) in [7, 11) is -0.441. The van der Waals surface area contributed by atoms with E-state index in [0.29, 0.717) is 5.41 Å². The molecule has 2 saturated carbocycles. The summed E-state index contributed by atoms with van der Waals surface area (Å²) in [6, 6.07) is 5.97. The number of benzene rings is 1. The summed E-state index contributed by atoms with van der Waals surface area (Å²) in [5, 5.41) is 3.29. The van der Waals surface area contributed by atoms with Crippen LogP contribution in [0, 0.1) is 18.3 Å². The standard InChI is InChI=1S/C24H36BNO3.CH4/c1-17-10-11-19(25-28-22(2,3)23(4,5)29-25)14-20(17)21(27)26-16-24-12-6-8-18(15-24)9-7-13-24;/h10-11,14,18H,6-9,12-13,15-16H2,1-5H3,(H,26,27);1H4. The Morgan fingerprint density at radius 3 is 2.30 bits per heavy atom. The third-order valence-electron chi connectivity index (χ3n) is 8.02. The van der Waals surface area contributed by atoms with Crippen molar-refractivity contribution in [1.82, 2.24) is 5.32 Å². The second-order valence-corrected chi connectivity index (χ2v) is 10.7. The van der Waals surface area contributed by atoms with Gasteiger partial charge in [0, 0.05) is 12.1 Å². The molecule has 3 aliphatic rings. The van der Waals surface area contributed by atoms with E-state index >= 15 is 0 Å². The number of carbonyl (C=O) groups excluding carboxylic acids is 1. The lowest BCUT2D eigenvalue weighted by Gasteiger charge is -2.45. The third kappa shape index (κ3) is 4.34. The summed E-state index contributed by atoms with van der Waals surface area (Å²) in [6.45, 7) is 11.0. The number of amides is 1. The number of fused-ring (bicyclic) bond motifs is 2. The van der Waals surface area contributed by atoms with Gasteiger partial charge in [0.05, 0.1) is 11.2 Å². The van der Waals surface area contributed by atoms with E-state index in [9.17, 15) is 4.79 Å². The van der Waals surface area contributed by atoms with Crippen molar-refractivity contribution in [1.29, 1.82) is 0 Å². The maximum Gasteiger partial charge on any atom is 0.494 e. The molecule has 1 aromatic carbocycles. The van der Waals surface area contributed by atoms with Crippen LogP contribution in [0.25, 0.3) is 0 Å². The van der Waals surface area contributed by atoms with Gasteiger partial charge in [0.25, 0.3) is 5.91 Å². The van der Waals surface area contributed by atoms with Crippen LogP contribution in [0.5, 0.6) is 0 Å². The lowest BCUT2D eigenvalue weighted by Crippen LogP contribution is -2.43. The molecule has 4 rings (SSSR count). The van der Waals surface area contributed by atoms with Gasteiger partial charge in [-0.3, -0.25) is 4.79 Å². The van der Waals surface area contributed by atoms with E-state index in [1.165, 1.54) is 44.9 Å². The Hall–Kier alpha value is -1.33. The highest BCUT2D eigenvalue weighted by molar-refractivity contribution is 6.62. The van der Waals surface area contributed by atoms with E-state index in [-0.39, 0.29) is 24.5 Å². The summed E-state index contributed by atoms with van der Waals surface area (Å²) in [4.78, 5) is 13.1. The molecule has 1 heterocycles. The van der Waals surface area contributed by atoms with Crippen LogP contribution in [0.15, 0.2) is 18.2 Å². The zero-order chi connectivity index (χ0) is 20.9. The topological polar surface area (TPSA) is 47.6 Å². The van der Waals surface area contributed by atoms with Crippen molar-refractivity contribution in [2.75, 3.05) is 6.54 Å². The first-order valence-electron chi connectivity index (χ1n) is 11.4. The average molecular weight is 413 g/mol. The Morgan fingerprint density at radius 1 is 1.10 bits per heavy atom. The Kier molecular flexibility index (Phi) is 6.47. The molecule has 0 unspecified atom stereocenters. The molecule has 1 amide bonds. The minimum atomic E-state index is -0.441. The smallest absolute Gasteiger partial charge is 0.399 e. The maximum atomic E-state index is 13.1. The largest absolute Gasteiger partial charge is 0.494 e. The molecule has 0 spiro atoms. The highest BCUT2D eigenvalue weighted by Crippen LogP contribution is 2.48. The van der Waals surface area contributed by atoms with E-state index < -0.39 is 7.12 Å². The third-order valence-corrected chi connectivity index (χ3v) is 8.02. The molecule has 1 aromatic rings. The zero-order valence-electron chi connectivity index (χ0n) is 18.8. The fourth-order valence-corrected chi connectivity index (χ4v) is 5.44. The van der Waals surface area contributed by atoms with E-state index in [1.54, 1.807) is 0 Å². The van der Waals surface area contributed by atoms with Gasteiger partial charge in [-0.25, -0.2) is 0 Å². The van der Waals surface area contributed by atoms with Gasteiger partial charge in [0.15, 0.2) is 0 Å². The number of carbonyl (C=O) groups is 1. The Bertz CT molecular complexity index is 763. The minimum absolute atomic E-state index is 0. The number of hydrogen-bond donors (Lipinski definition) is 1. The van der Waals surface area contributed by atoms with Crippen molar-refractivity contribution >= 4 is 18.5 Å². The molecule has 5 heteroatoms. The van der Waals surface area contributed by atoms with Gasteiger partial charge in [0.1, 0.15) is 0 Å². The molecular formula is C25H40BNO3. The molecule has 0 atom stereocenters. The van der Waals surface area contributed by atoms with Crippen LogP contribution in [0.3, 0.4) is 0 Å². The van der Waals surface area contributed by atoms with Crippen LogP contribution in [0.2, 0.25) is 0 Å². The molecular weight excluding hydrogens is 373 g/mol. The second kappa shape index (κ2) is 8.31. The van der Waals surface area contributed by atoms with E-state index in [4.69, 9.17) is 9.31 Å². The molecule has 30 heavy (non-hydrogen) atoms. The quantitative estimate of drug-likeness (QED) is 0.705. The van der Waals surface area contributed by atoms with Crippen molar-refractivity contribution in [3.05, 3.63) is 29.3 Å². The number of aryl methyl sites for hydroxylation is 1. The van der Waals surface area contributed by atoms with Crippen molar-refractivity contribution in [2.45, 2.75) is 98.2 Å². The van der Waals surface area contributed by atoms with Gasteiger partial charge < -0.3 is 14.6 Å². The molecule has 0 radical (unpaired) electrons. The second-order valence-electron chi connectivity index (χ2n) is 10.7. The molecule has 0 aromatic heterocycles. The number of nitrogens with one attached hydrogen (secondary N) is 1. The fourth-order valence-electron chi connectivity index (χ4n) is 5.44. The lowest BCUT2D eigenvalue weighted by molar-refractivity contribution is 0.00578. The minimum Gasteiger partial charge on any atom is -0.399 e. The van der Waals surface area contributed by atoms with Crippen molar-refractivity contribution < 1.29 is 14.1 Å². The summed E-state index contributed by atoms with van der Waals surface area (Å²) in [5.41, 5.74) is 2.19. The predicted molar refractivity (Wildman–Crippen MR) is 124 cm³/mol. The number of hydrogen-bond acceptors (Lipinski definition) is 3. The maximum absolute atomic E-state index is 13.1. The average Bonchev–Trinajstić information content (AvgIpc) is 2.88. The van der Waals surface area contributed by atoms with Gasteiger partial charge >= 0.3 is 7.12 Å². The summed E-state index contributed by atoms with van der Waals surface area (Å²) >= 11 is 0. The first-order chi connectivity index (χ1) is 13.6. The van der Waals surface area contributed by atoms with E-state index in [1.807, 2.05) is 25.1 Å². The van der Waals surface area contributed by atoms with E-state index in [0.717, 1.165) is 29.1 Å². The summed E-state index contributed by atoms with van der Waals surface area (Å²) < 4.78 is 12.4. The van der Waals surface area contributed by atoms with Gasteiger partial charge in [-0.05, 0) is 82.3 Å². The van der Waals surface area contributed by atoms with Crippen LogP contribution >= 0.6 is 0 Å². The van der Waals surface area contributed by atoms with Crippen LogP contribution in [-0.4, -0.2) is 30.8 Å². The predicted octanol–water partition coefficient (Wildman–Crippen LogP) is 5.02. The van der Waals surface area contributed by atoms with E-state index in [2.05, 4.69) is 33.0 Å². The van der Waals surface area contributed by atoms with Crippen molar-refractivity contribution in [2.24, 2.45) is 11.3 Å². The summed E-state index contributed by atoms with van der Waals surface area (Å²) in [6.07, 6.45) is 9.21. The van der Waals surface area contributed by atoms with Crippen molar-refractivity contribution in [3.8, 4) is 0 Å². The fraction of sp³-hybridized carbons (Fsp3) is 0.720. The Labute approximate surface area is 183 Å². The van der Waals surface area contributed by atoms with Crippen LogP contribution in [-0.2, 0) is 9.31 Å². The molecule has 2 aliphatic carbocycles. The molecule has 4 nitrogen and oxygen atoms in total. The highest BCUT2D eigenvalue weighted by Gasteiger charge is 2.51. The van der Waals surface area contributed by atoms with Gasteiger partial charge in [-0.15, -0.1) is 0 Å². The lowest BCUT2D eigenvalue weighted by atomic mass is 9.62. The Balaban J connectivity index is 0.00000256. The number of rotatable bonds is 4. The first-order valence-corrected chi connectivity index (χ1v) is 11.4. The SMILES string of the molecule is C.Cc1ccc(B2OC(C)(C)C(C)(C)O2)cc1C(=O)NCC12CCCC(CCC1)C2. The van der Waals surface area contributed by atoms with Gasteiger partial charge in [-0.2, -0.15) is 0 Å². The monoisotopic (exact) mass is 413 g/mol. The first kappa shape index (κ1) is 23.3. The zero-order valence-corrected chi connectivity index (χ0v) is 18.8. The molecule has 3 fully saturated rings. The van der Waals surface area contributed by atoms with Gasteiger partial charge in [0.2, 0.25) is 0 Å². The van der Waals surface area contributed by atoms with Crippen molar-refractivity contribution in [3.63, 3.8) is 0 Å². The van der Waals surface area contributed by atoms with Crippen LogP contribution in [0.4, 0.5) is 0 Å². The highest BCUT2D eigenvalue weighted by atomic mass is 16.7.